The monoisotopic (exact) mass is 284 g/mol. The number of benzene rings is 1. The number of nitrogens with zero attached hydrogens (tertiary/aromatic N) is 4. The van der Waals surface area contributed by atoms with Crippen LogP contribution in [0.25, 0.3) is 0 Å². The molecule has 0 amide bonds. The molecule has 94 valence electrons. The van der Waals surface area contributed by atoms with Crippen molar-refractivity contribution in [2.24, 2.45) is 0 Å². The molecule has 7 heteroatoms. The molecular weight excluding hydrogens is 275 g/mol. The average molecular weight is 285 g/mol. The van der Waals surface area contributed by atoms with Crippen LogP contribution in [0.5, 0.6) is 0 Å². The molecule has 1 heterocycles. The molecule has 0 unspecified atom stereocenters. The number of aromatic nitrogens is 4. The summed E-state index contributed by atoms with van der Waals surface area (Å²) in [6, 6.07) is 4.62. The van der Waals surface area contributed by atoms with Crippen molar-refractivity contribution in [1.29, 1.82) is 0 Å². The van der Waals surface area contributed by atoms with Crippen molar-refractivity contribution in [2.45, 2.75) is 17.5 Å². The molecule has 1 aromatic heterocycles. The van der Waals surface area contributed by atoms with Gasteiger partial charge in [-0.15, -0.1) is 11.7 Å². The van der Waals surface area contributed by atoms with Gasteiger partial charge in [-0.1, -0.05) is 35.5 Å². The van der Waals surface area contributed by atoms with Gasteiger partial charge in [-0.25, -0.2) is 9.07 Å². The maximum atomic E-state index is 13.6. The van der Waals surface area contributed by atoms with Crippen molar-refractivity contribution >= 4 is 23.4 Å². The summed E-state index contributed by atoms with van der Waals surface area (Å²) in [6.45, 7) is 4.13. The van der Waals surface area contributed by atoms with E-state index in [1.807, 2.05) is 0 Å². The van der Waals surface area contributed by atoms with E-state index in [1.54, 1.807) is 22.9 Å². The lowest BCUT2D eigenvalue weighted by molar-refractivity contribution is 0.611. The number of hydrogen-bond donors (Lipinski definition) is 0. The Bertz CT molecular complexity index is 537. The maximum absolute atomic E-state index is 13.6. The number of tetrazole rings is 1. The highest BCUT2D eigenvalue weighted by molar-refractivity contribution is 7.98. The van der Waals surface area contributed by atoms with Crippen LogP contribution in [0.2, 0.25) is 5.02 Å². The first-order valence-corrected chi connectivity index (χ1v) is 6.51. The normalized spacial score (nSPS) is 10.6. The molecule has 4 nitrogen and oxygen atoms in total. The van der Waals surface area contributed by atoms with Gasteiger partial charge in [-0.3, -0.25) is 0 Å². The van der Waals surface area contributed by atoms with E-state index in [4.69, 9.17) is 11.6 Å². The van der Waals surface area contributed by atoms with Crippen LogP contribution >= 0.6 is 23.4 Å². The van der Waals surface area contributed by atoms with E-state index in [-0.39, 0.29) is 5.82 Å². The van der Waals surface area contributed by atoms with Crippen molar-refractivity contribution in [2.75, 3.05) is 0 Å². The van der Waals surface area contributed by atoms with E-state index < -0.39 is 0 Å². The van der Waals surface area contributed by atoms with Gasteiger partial charge in [0.2, 0.25) is 5.16 Å². The summed E-state index contributed by atoms with van der Waals surface area (Å²) in [7, 11) is 0. The molecular formula is C11H10ClFN4S. The van der Waals surface area contributed by atoms with Crippen LogP contribution < -0.4 is 0 Å². The molecule has 0 N–H and O–H groups in total. The Morgan fingerprint density at radius 1 is 1.50 bits per heavy atom. The zero-order valence-corrected chi connectivity index (χ0v) is 11.0. The second-order valence-electron chi connectivity index (χ2n) is 3.42. The number of allylic oxidation sites excluding steroid dienone is 1. The standard InChI is InChI=1S/C11H10ClFN4S/c1-2-6-17-11(14-15-16-17)18-7-8-9(12)4-3-5-10(8)13/h2-5H,1,6-7H2. The van der Waals surface area contributed by atoms with Gasteiger partial charge in [-0.2, -0.15) is 0 Å². The van der Waals surface area contributed by atoms with E-state index in [9.17, 15) is 4.39 Å². The van der Waals surface area contributed by atoms with E-state index in [1.165, 1.54) is 17.8 Å². The first-order chi connectivity index (χ1) is 8.72. The molecule has 0 saturated carbocycles. The third kappa shape index (κ3) is 2.88. The van der Waals surface area contributed by atoms with Gasteiger partial charge in [0.15, 0.2) is 0 Å². The Morgan fingerprint density at radius 3 is 3.06 bits per heavy atom. The van der Waals surface area contributed by atoms with Crippen LogP contribution in [-0.4, -0.2) is 20.2 Å². The highest BCUT2D eigenvalue weighted by Gasteiger charge is 2.10. The highest BCUT2D eigenvalue weighted by atomic mass is 35.5. The van der Waals surface area contributed by atoms with Gasteiger partial charge in [0.05, 0.1) is 6.54 Å². The lowest BCUT2D eigenvalue weighted by Gasteiger charge is -2.05. The summed E-state index contributed by atoms with van der Waals surface area (Å²) in [5.41, 5.74) is 0.456. The minimum Gasteiger partial charge on any atom is -0.217 e. The first kappa shape index (κ1) is 13.0. The van der Waals surface area contributed by atoms with Gasteiger partial charge in [-0.05, 0) is 22.6 Å². The summed E-state index contributed by atoms with van der Waals surface area (Å²) in [5, 5.41) is 12.2. The van der Waals surface area contributed by atoms with E-state index in [2.05, 4.69) is 22.1 Å². The van der Waals surface area contributed by atoms with Gasteiger partial charge < -0.3 is 0 Å². The van der Waals surface area contributed by atoms with Gasteiger partial charge in [0.1, 0.15) is 5.82 Å². The molecule has 2 aromatic rings. The molecule has 0 bridgehead atoms. The molecule has 0 aliphatic carbocycles. The Hall–Kier alpha value is -1.40. The smallest absolute Gasteiger partial charge is 0.209 e. The average Bonchev–Trinajstić information content (AvgIpc) is 2.77. The number of rotatable bonds is 5. The van der Waals surface area contributed by atoms with Crippen LogP contribution in [0.1, 0.15) is 5.56 Å². The number of hydrogen-bond acceptors (Lipinski definition) is 4. The molecule has 0 fully saturated rings. The fourth-order valence-electron chi connectivity index (χ4n) is 1.34. The molecule has 18 heavy (non-hydrogen) atoms. The highest BCUT2D eigenvalue weighted by Crippen LogP contribution is 2.27. The molecule has 2 rings (SSSR count). The van der Waals surface area contributed by atoms with E-state index in [0.717, 1.165) is 0 Å². The van der Waals surface area contributed by atoms with Crippen molar-refractivity contribution in [3.63, 3.8) is 0 Å². The molecule has 0 saturated heterocycles. The van der Waals surface area contributed by atoms with Crippen LogP contribution in [0, 0.1) is 5.82 Å². The molecule has 0 aliphatic heterocycles. The quantitative estimate of drug-likeness (QED) is 0.625. The van der Waals surface area contributed by atoms with Crippen molar-refractivity contribution in [3.05, 3.63) is 47.3 Å². The Kier molecular flexibility index (Phi) is 4.33. The predicted octanol–water partition coefficient (Wildman–Crippen LogP) is 2.94. The summed E-state index contributed by atoms with van der Waals surface area (Å²) >= 11 is 7.27. The van der Waals surface area contributed by atoms with Gasteiger partial charge in [0.25, 0.3) is 0 Å². The summed E-state index contributed by atoms with van der Waals surface area (Å²) in [6.07, 6.45) is 1.69. The van der Waals surface area contributed by atoms with Crippen LogP contribution in [0.15, 0.2) is 36.0 Å². The summed E-state index contributed by atoms with van der Waals surface area (Å²) < 4.78 is 15.1. The molecule has 1 aromatic carbocycles. The molecule has 0 spiro atoms. The SMILES string of the molecule is C=CCn1nnnc1SCc1c(F)cccc1Cl. The first-order valence-electron chi connectivity index (χ1n) is 5.15. The third-order valence-corrected chi connectivity index (χ3v) is 3.55. The van der Waals surface area contributed by atoms with E-state index in [0.29, 0.717) is 28.0 Å². The largest absolute Gasteiger partial charge is 0.217 e. The topological polar surface area (TPSA) is 43.6 Å². The zero-order chi connectivity index (χ0) is 13.0. The Morgan fingerprint density at radius 2 is 2.33 bits per heavy atom. The lowest BCUT2D eigenvalue weighted by atomic mass is 10.2. The number of thioether (sulfide) groups is 1. The second-order valence-corrected chi connectivity index (χ2v) is 4.77. The van der Waals surface area contributed by atoms with Crippen molar-refractivity contribution < 1.29 is 4.39 Å². The lowest BCUT2D eigenvalue weighted by Crippen LogP contribution is -2.00. The minimum absolute atomic E-state index is 0.322. The minimum atomic E-state index is -0.322. The van der Waals surface area contributed by atoms with Crippen LogP contribution in [0.4, 0.5) is 4.39 Å². The summed E-state index contributed by atoms with van der Waals surface area (Å²) in [5.74, 6) is 0.0565. The maximum Gasteiger partial charge on any atom is 0.209 e. The van der Waals surface area contributed by atoms with E-state index >= 15 is 0 Å². The summed E-state index contributed by atoms with van der Waals surface area (Å²) in [4.78, 5) is 0. The zero-order valence-electron chi connectivity index (χ0n) is 9.38. The Balaban J connectivity index is 2.11. The fraction of sp³-hybridized carbons (Fsp3) is 0.182. The molecule has 0 atom stereocenters. The second kappa shape index (κ2) is 5.97. The van der Waals surface area contributed by atoms with Crippen LogP contribution in [0.3, 0.4) is 0 Å². The predicted molar refractivity (Wildman–Crippen MR) is 69.0 cm³/mol. The number of halogens is 2. The van der Waals surface area contributed by atoms with Gasteiger partial charge in [0, 0.05) is 16.3 Å². The molecule has 0 aliphatic rings. The van der Waals surface area contributed by atoms with Gasteiger partial charge >= 0.3 is 0 Å². The Labute approximate surface area is 113 Å². The third-order valence-electron chi connectivity index (χ3n) is 2.21. The van der Waals surface area contributed by atoms with Crippen molar-refractivity contribution in [3.8, 4) is 0 Å². The van der Waals surface area contributed by atoms with Crippen LogP contribution in [-0.2, 0) is 12.3 Å². The fourth-order valence-corrected chi connectivity index (χ4v) is 2.57. The molecule has 0 radical (unpaired) electrons. The van der Waals surface area contributed by atoms with Crippen molar-refractivity contribution in [1.82, 2.24) is 20.2 Å².